The van der Waals surface area contributed by atoms with Gasteiger partial charge >= 0.3 is 6.09 Å². The lowest BCUT2D eigenvalue weighted by molar-refractivity contribution is -0.130. The minimum absolute atomic E-state index is 0.0629. The van der Waals surface area contributed by atoms with Gasteiger partial charge in [0, 0.05) is 25.7 Å². The molecule has 2 aliphatic rings. The second-order valence-corrected chi connectivity index (χ2v) is 12.4. The van der Waals surface area contributed by atoms with Gasteiger partial charge in [0.25, 0.3) is 5.91 Å². The molecule has 1 aromatic heterocycles. The molecule has 0 saturated carbocycles. The maximum atomic E-state index is 13.4. The fourth-order valence-electron chi connectivity index (χ4n) is 5.55. The van der Waals surface area contributed by atoms with E-state index in [9.17, 15) is 14.4 Å². The van der Waals surface area contributed by atoms with Crippen molar-refractivity contribution in [3.63, 3.8) is 0 Å². The highest BCUT2D eigenvalue weighted by Gasteiger charge is 2.38. The van der Waals surface area contributed by atoms with Crippen molar-refractivity contribution in [3.05, 3.63) is 83.8 Å². The molecule has 0 spiro atoms. The van der Waals surface area contributed by atoms with Crippen molar-refractivity contribution in [2.45, 2.75) is 70.4 Å². The first-order valence-corrected chi connectivity index (χ1v) is 15.2. The molecule has 234 valence electrons. The number of ether oxygens (including phenoxy) is 2. The Morgan fingerprint density at radius 2 is 1.77 bits per heavy atom. The molecule has 0 radical (unpaired) electrons. The van der Waals surface area contributed by atoms with Crippen LogP contribution in [0.4, 0.5) is 10.6 Å². The Kier molecular flexibility index (Phi) is 9.65. The lowest BCUT2D eigenvalue weighted by atomic mass is 10.00. The van der Waals surface area contributed by atoms with E-state index in [-0.39, 0.29) is 25.3 Å². The van der Waals surface area contributed by atoms with E-state index < -0.39 is 29.5 Å². The van der Waals surface area contributed by atoms with Crippen molar-refractivity contribution in [1.82, 2.24) is 19.8 Å². The summed E-state index contributed by atoms with van der Waals surface area (Å²) in [7, 11) is 0. The van der Waals surface area contributed by atoms with Gasteiger partial charge in [0.2, 0.25) is 5.91 Å². The summed E-state index contributed by atoms with van der Waals surface area (Å²) in [4.78, 5) is 45.4. The molecule has 1 saturated heterocycles. The molecule has 3 unspecified atom stereocenters. The van der Waals surface area contributed by atoms with E-state index in [1.165, 1.54) is 0 Å². The Hall–Kier alpha value is -4.22. The SMILES string of the molecule is CC1CCN(C(=O)OC2Cc3ccccc3C2n2cnc(NC(=O)C(COCc3ccccc3)NC(=O)C(C)(C)N)c2)CC1. The molecule has 44 heavy (non-hydrogen) atoms. The van der Waals surface area contributed by atoms with Gasteiger partial charge in [-0.25, -0.2) is 9.78 Å². The van der Waals surface area contributed by atoms with E-state index in [4.69, 9.17) is 15.2 Å². The summed E-state index contributed by atoms with van der Waals surface area (Å²) in [6.45, 7) is 6.94. The summed E-state index contributed by atoms with van der Waals surface area (Å²) in [5, 5.41) is 5.51. The number of nitrogens with zero attached hydrogens (tertiary/aromatic N) is 3. The maximum absolute atomic E-state index is 13.4. The van der Waals surface area contributed by atoms with E-state index >= 15 is 0 Å². The highest BCUT2D eigenvalue weighted by molar-refractivity contribution is 5.98. The van der Waals surface area contributed by atoms with E-state index in [0.717, 1.165) is 29.5 Å². The Bertz CT molecular complexity index is 1440. The fraction of sp³-hybridized carbons (Fsp3) is 0.455. The van der Waals surface area contributed by atoms with Crippen LogP contribution < -0.4 is 16.4 Å². The number of rotatable bonds is 10. The minimum atomic E-state index is -1.19. The molecule has 4 N–H and O–H groups in total. The van der Waals surface area contributed by atoms with Gasteiger partial charge in [-0.2, -0.15) is 0 Å². The van der Waals surface area contributed by atoms with Crippen LogP contribution in [0.25, 0.3) is 0 Å². The smallest absolute Gasteiger partial charge is 0.410 e. The first kappa shape index (κ1) is 31.2. The van der Waals surface area contributed by atoms with Crippen molar-refractivity contribution in [2.24, 2.45) is 11.7 Å². The number of fused-ring (bicyclic) bond motifs is 1. The van der Waals surface area contributed by atoms with Crippen LogP contribution in [0, 0.1) is 5.92 Å². The third-order valence-corrected chi connectivity index (χ3v) is 8.22. The first-order chi connectivity index (χ1) is 21.1. The van der Waals surface area contributed by atoms with Crippen molar-refractivity contribution >= 4 is 23.7 Å². The number of carbonyl (C=O) groups is 3. The maximum Gasteiger partial charge on any atom is 0.410 e. The van der Waals surface area contributed by atoms with Crippen molar-refractivity contribution in [2.75, 3.05) is 25.0 Å². The van der Waals surface area contributed by atoms with E-state index in [1.807, 2.05) is 59.2 Å². The number of imidazole rings is 1. The monoisotopic (exact) mass is 602 g/mol. The molecule has 3 aromatic rings. The summed E-state index contributed by atoms with van der Waals surface area (Å²) < 4.78 is 13.7. The molecular weight excluding hydrogens is 560 g/mol. The largest absolute Gasteiger partial charge is 0.443 e. The average molecular weight is 603 g/mol. The highest BCUT2D eigenvalue weighted by atomic mass is 16.6. The summed E-state index contributed by atoms with van der Waals surface area (Å²) in [5.74, 6) is -0.0760. The van der Waals surface area contributed by atoms with Crippen LogP contribution in [-0.4, -0.2) is 69.7 Å². The number of piperidine rings is 1. The number of hydrogen-bond acceptors (Lipinski definition) is 7. The van der Waals surface area contributed by atoms with E-state index in [0.29, 0.717) is 31.2 Å². The zero-order chi connectivity index (χ0) is 31.3. The number of nitrogens with two attached hydrogens (primary N) is 1. The molecule has 1 aliphatic heterocycles. The number of hydrogen-bond donors (Lipinski definition) is 3. The van der Waals surface area contributed by atoms with Gasteiger partial charge in [0.15, 0.2) is 5.82 Å². The zero-order valence-electron chi connectivity index (χ0n) is 25.6. The Morgan fingerprint density at radius 3 is 2.50 bits per heavy atom. The number of anilines is 1. The van der Waals surface area contributed by atoms with Gasteiger partial charge in [-0.1, -0.05) is 61.5 Å². The van der Waals surface area contributed by atoms with Crippen LogP contribution in [-0.2, 0) is 32.1 Å². The van der Waals surface area contributed by atoms with Crippen LogP contribution in [0.15, 0.2) is 67.1 Å². The standard InChI is InChI=1S/C33H42N6O5/c1-22-13-15-38(16-14-22)32(42)44-27-17-24-11-7-8-12-25(24)29(27)39-18-28(35-21-39)37-30(40)26(36-31(41)33(2,3)34)20-43-19-23-9-5-4-6-10-23/h4-12,18,21-22,26-27,29H,13-17,19-20,34H2,1-3H3,(H,36,41)(H,37,40). The Balaban J connectivity index is 1.28. The predicted molar refractivity (Wildman–Crippen MR) is 166 cm³/mol. The molecule has 11 nitrogen and oxygen atoms in total. The second kappa shape index (κ2) is 13.6. The van der Waals surface area contributed by atoms with Crippen molar-refractivity contribution in [1.29, 1.82) is 0 Å². The summed E-state index contributed by atoms with van der Waals surface area (Å²) in [5.41, 5.74) is 7.87. The molecule has 1 fully saturated rings. The van der Waals surface area contributed by atoms with Crippen LogP contribution in [0.3, 0.4) is 0 Å². The highest BCUT2D eigenvalue weighted by Crippen LogP contribution is 2.37. The van der Waals surface area contributed by atoms with E-state index in [2.05, 4.69) is 22.5 Å². The molecule has 0 bridgehead atoms. The lowest BCUT2D eigenvalue weighted by Gasteiger charge is -2.31. The quantitative estimate of drug-likeness (QED) is 0.322. The molecule has 3 atom stereocenters. The van der Waals surface area contributed by atoms with Crippen LogP contribution in [0.5, 0.6) is 0 Å². The summed E-state index contributed by atoms with van der Waals surface area (Å²) in [6, 6.07) is 16.2. The predicted octanol–water partition coefficient (Wildman–Crippen LogP) is 3.64. The second-order valence-electron chi connectivity index (χ2n) is 12.4. The zero-order valence-corrected chi connectivity index (χ0v) is 25.6. The topological polar surface area (TPSA) is 141 Å². The van der Waals surface area contributed by atoms with Crippen LogP contribution in [0.2, 0.25) is 0 Å². The average Bonchev–Trinajstić information content (AvgIpc) is 3.60. The number of nitrogens with one attached hydrogen (secondary N) is 2. The van der Waals surface area contributed by atoms with Gasteiger partial charge in [-0.15, -0.1) is 0 Å². The summed E-state index contributed by atoms with van der Waals surface area (Å²) >= 11 is 0. The Morgan fingerprint density at radius 1 is 1.07 bits per heavy atom. The van der Waals surface area contributed by atoms with Gasteiger partial charge in [0.05, 0.1) is 31.1 Å². The molecule has 5 rings (SSSR count). The lowest BCUT2D eigenvalue weighted by Crippen LogP contribution is -2.56. The third-order valence-electron chi connectivity index (χ3n) is 8.22. The fourth-order valence-corrected chi connectivity index (χ4v) is 5.55. The van der Waals surface area contributed by atoms with Gasteiger partial charge in [0.1, 0.15) is 12.1 Å². The number of benzene rings is 2. The molecule has 11 heteroatoms. The minimum Gasteiger partial charge on any atom is -0.443 e. The van der Waals surface area contributed by atoms with Gasteiger partial charge in [-0.3, -0.25) is 9.59 Å². The molecule has 2 heterocycles. The number of likely N-dealkylation sites (tertiary alicyclic amines) is 1. The number of amides is 3. The number of carbonyl (C=O) groups excluding carboxylic acids is 3. The molecule has 3 amide bonds. The van der Waals surface area contributed by atoms with Crippen LogP contribution >= 0.6 is 0 Å². The van der Waals surface area contributed by atoms with Gasteiger partial charge < -0.3 is 35.3 Å². The van der Waals surface area contributed by atoms with Gasteiger partial charge in [-0.05, 0) is 49.3 Å². The van der Waals surface area contributed by atoms with Crippen molar-refractivity contribution < 1.29 is 23.9 Å². The third kappa shape index (κ3) is 7.64. The van der Waals surface area contributed by atoms with Crippen LogP contribution in [0.1, 0.15) is 56.3 Å². The Labute approximate surface area is 258 Å². The number of aromatic nitrogens is 2. The van der Waals surface area contributed by atoms with Crippen molar-refractivity contribution in [3.8, 4) is 0 Å². The molecule has 1 aliphatic carbocycles. The molecular formula is C33H42N6O5. The first-order valence-electron chi connectivity index (χ1n) is 15.2. The summed E-state index contributed by atoms with van der Waals surface area (Å²) in [6.07, 6.45) is 5.12. The normalized spacial score (nSPS) is 19.2. The molecule has 2 aromatic carbocycles. The van der Waals surface area contributed by atoms with E-state index in [1.54, 1.807) is 31.3 Å².